The van der Waals surface area contributed by atoms with Crippen LogP contribution in [-0.2, 0) is 0 Å². The molecular formula is C21H30ClN. The third kappa shape index (κ3) is 5.35. The zero-order valence-corrected chi connectivity index (χ0v) is 16.2. The Balaban J connectivity index is 3.37. The molecule has 0 aliphatic carbocycles. The molecule has 1 aromatic rings. The summed E-state index contributed by atoms with van der Waals surface area (Å²) in [7, 11) is 0. The van der Waals surface area contributed by atoms with Gasteiger partial charge in [0.1, 0.15) is 0 Å². The molecule has 0 spiro atoms. The normalized spacial score (nSPS) is 12.0. The lowest BCUT2D eigenvalue weighted by atomic mass is 9.89. The fraction of sp³-hybridized carbons (Fsp3) is 0.476. The Kier molecular flexibility index (Phi) is 7.78. The number of hydrogen-bond acceptors (Lipinski definition) is 1. The van der Waals surface area contributed by atoms with Gasteiger partial charge in [-0.15, -0.1) is 0 Å². The van der Waals surface area contributed by atoms with Crippen LogP contribution in [0.5, 0.6) is 0 Å². The molecular weight excluding hydrogens is 302 g/mol. The highest BCUT2D eigenvalue weighted by Gasteiger charge is 2.12. The van der Waals surface area contributed by atoms with Gasteiger partial charge >= 0.3 is 0 Å². The minimum absolute atomic E-state index is 0.536. The smallest absolute Gasteiger partial charge is 0.0487 e. The van der Waals surface area contributed by atoms with Crippen molar-refractivity contribution in [1.29, 1.82) is 0 Å². The molecule has 1 nitrogen and oxygen atoms in total. The van der Waals surface area contributed by atoms with Crippen molar-refractivity contribution in [3.8, 4) is 0 Å². The second kappa shape index (κ2) is 9.08. The van der Waals surface area contributed by atoms with Crippen LogP contribution in [0.15, 0.2) is 28.9 Å². The average molecular weight is 332 g/mol. The molecule has 0 aliphatic heterocycles. The van der Waals surface area contributed by atoms with Gasteiger partial charge in [0.2, 0.25) is 0 Å². The largest absolute Gasteiger partial charge is 0.272 e. The van der Waals surface area contributed by atoms with E-state index in [1.807, 2.05) is 6.20 Å². The molecule has 0 atom stereocenters. The van der Waals surface area contributed by atoms with Crippen LogP contribution >= 0.6 is 11.6 Å². The minimum Gasteiger partial charge on any atom is -0.272 e. The molecule has 23 heavy (non-hydrogen) atoms. The first-order valence-corrected chi connectivity index (χ1v) is 8.86. The van der Waals surface area contributed by atoms with Crippen LogP contribution in [0.1, 0.15) is 64.2 Å². The summed E-state index contributed by atoms with van der Waals surface area (Å²) in [6.07, 6.45) is 6.14. The molecule has 0 fully saturated rings. The van der Waals surface area contributed by atoms with Gasteiger partial charge in [-0.25, -0.2) is 0 Å². The molecule has 0 aromatic heterocycles. The van der Waals surface area contributed by atoms with Crippen LogP contribution in [0.3, 0.4) is 0 Å². The van der Waals surface area contributed by atoms with Gasteiger partial charge in [-0.1, -0.05) is 64.3 Å². The first-order chi connectivity index (χ1) is 10.8. The second-order valence-electron chi connectivity index (χ2n) is 6.73. The monoisotopic (exact) mass is 331 g/mol. The van der Waals surface area contributed by atoms with Crippen LogP contribution in [-0.4, -0.2) is 6.72 Å². The minimum atomic E-state index is 0.536. The Bertz CT molecular complexity index is 597. The van der Waals surface area contributed by atoms with Crippen molar-refractivity contribution in [2.75, 3.05) is 0 Å². The fourth-order valence-corrected chi connectivity index (χ4v) is 3.22. The molecule has 0 unspecified atom stereocenters. The van der Waals surface area contributed by atoms with Crippen molar-refractivity contribution >= 4 is 30.0 Å². The number of aryl methyl sites for hydroxylation is 1. The first-order valence-electron chi connectivity index (χ1n) is 8.48. The summed E-state index contributed by atoms with van der Waals surface area (Å²) in [4.78, 5) is 3.94. The summed E-state index contributed by atoms with van der Waals surface area (Å²) in [5.74, 6) is 1.07. The van der Waals surface area contributed by atoms with Gasteiger partial charge in [0.25, 0.3) is 0 Å². The van der Waals surface area contributed by atoms with Gasteiger partial charge in [-0.3, -0.25) is 4.99 Å². The second-order valence-corrected chi connectivity index (χ2v) is 7.14. The van der Waals surface area contributed by atoms with Gasteiger partial charge in [0.15, 0.2) is 0 Å². The molecule has 1 rings (SSSR count). The summed E-state index contributed by atoms with van der Waals surface area (Å²) in [6.45, 7) is 16.9. The molecule has 0 amide bonds. The average Bonchev–Trinajstić information content (AvgIpc) is 2.46. The Morgan fingerprint density at radius 2 is 1.83 bits per heavy atom. The predicted molar refractivity (Wildman–Crippen MR) is 106 cm³/mol. The SMILES string of the molecule is C=N/C=C(\CCC)c1cc(C)c(C=C(C(C)C)C(C)C)cc1Cl. The number of aliphatic imine (C=N–C) groups is 1. The predicted octanol–water partition coefficient (Wildman–Crippen LogP) is 7.19. The molecule has 0 radical (unpaired) electrons. The van der Waals surface area contributed by atoms with E-state index in [1.54, 1.807) is 0 Å². The summed E-state index contributed by atoms with van der Waals surface area (Å²) < 4.78 is 0. The maximum absolute atomic E-state index is 6.58. The summed E-state index contributed by atoms with van der Waals surface area (Å²) in [5.41, 5.74) is 6.13. The number of benzene rings is 1. The van der Waals surface area contributed by atoms with Crippen LogP contribution in [0, 0.1) is 18.8 Å². The molecule has 1 aromatic carbocycles. The topological polar surface area (TPSA) is 12.4 Å². The molecule has 2 heteroatoms. The number of allylic oxidation sites excluding steroid dienone is 2. The molecule has 0 bridgehead atoms. The molecule has 0 saturated carbocycles. The van der Waals surface area contributed by atoms with E-state index < -0.39 is 0 Å². The van der Waals surface area contributed by atoms with E-state index in [0.29, 0.717) is 11.8 Å². The van der Waals surface area contributed by atoms with E-state index in [2.05, 4.69) is 71.5 Å². The number of rotatable bonds is 7. The van der Waals surface area contributed by atoms with Gasteiger partial charge in [-0.2, -0.15) is 0 Å². The zero-order chi connectivity index (χ0) is 17.6. The number of hydrogen-bond donors (Lipinski definition) is 0. The van der Waals surface area contributed by atoms with Crippen molar-refractivity contribution in [2.45, 2.75) is 54.4 Å². The highest BCUT2D eigenvalue weighted by molar-refractivity contribution is 6.32. The molecule has 0 saturated heterocycles. The lowest BCUT2D eigenvalue weighted by Gasteiger charge is -2.17. The Labute approximate surface area is 147 Å². The van der Waals surface area contributed by atoms with Crippen LogP contribution in [0.25, 0.3) is 11.6 Å². The van der Waals surface area contributed by atoms with E-state index >= 15 is 0 Å². The van der Waals surface area contributed by atoms with E-state index in [0.717, 1.165) is 29.0 Å². The Morgan fingerprint density at radius 3 is 2.30 bits per heavy atom. The van der Waals surface area contributed by atoms with Crippen LogP contribution in [0.2, 0.25) is 5.02 Å². The number of halogens is 1. The van der Waals surface area contributed by atoms with Crippen molar-refractivity contribution in [3.05, 3.63) is 45.6 Å². The Morgan fingerprint density at radius 1 is 1.22 bits per heavy atom. The highest BCUT2D eigenvalue weighted by atomic mass is 35.5. The first kappa shape index (κ1) is 19.7. The molecule has 0 N–H and O–H groups in total. The van der Waals surface area contributed by atoms with Crippen LogP contribution in [0.4, 0.5) is 0 Å². The fourth-order valence-electron chi connectivity index (χ4n) is 2.93. The highest BCUT2D eigenvalue weighted by Crippen LogP contribution is 2.32. The number of nitrogens with zero attached hydrogens (tertiary/aromatic N) is 1. The lowest BCUT2D eigenvalue weighted by molar-refractivity contribution is 0.632. The van der Waals surface area contributed by atoms with Gasteiger partial charge in [0, 0.05) is 11.2 Å². The standard InChI is InChI=1S/C21H30ClN/c1-8-9-17(13-23-7)20-10-16(6)18(12-21(20)22)11-19(14(2)3)15(4)5/h10-15H,7-9H2,1-6H3/b17-13+. The van der Waals surface area contributed by atoms with Crippen molar-refractivity contribution in [2.24, 2.45) is 16.8 Å². The molecule has 0 heterocycles. The van der Waals surface area contributed by atoms with Gasteiger partial charge in [-0.05, 0) is 66.3 Å². The maximum atomic E-state index is 6.58. The van der Waals surface area contributed by atoms with Crippen molar-refractivity contribution in [3.63, 3.8) is 0 Å². The zero-order valence-electron chi connectivity index (χ0n) is 15.4. The maximum Gasteiger partial charge on any atom is 0.0487 e. The van der Waals surface area contributed by atoms with Crippen LogP contribution < -0.4 is 0 Å². The van der Waals surface area contributed by atoms with Crippen molar-refractivity contribution in [1.82, 2.24) is 0 Å². The van der Waals surface area contributed by atoms with Crippen molar-refractivity contribution < 1.29 is 0 Å². The third-order valence-electron chi connectivity index (χ3n) is 4.12. The van der Waals surface area contributed by atoms with E-state index in [-0.39, 0.29) is 0 Å². The van der Waals surface area contributed by atoms with E-state index in [9.17, 15) is 0 Å². The quantitative estimate of drug-likeness (QED) is 0.469. The van der Waals surface area contributed by atoms with Gasteiger partial charge in [0.05, 0.1) is 0 Å². The Hall–Kier alpha value is -1.34. The lowest BCUT2D eigenvalue weighted by Crippen LogP contribution is -2.02. The van der Waals surface area contributed by atoms with E-state index in [4.69, 9.17) is 11.6 Å². The summed E-state index contributed by atoms with van der Waals surface area (Å²) in [6, 6.07) is 4.27. The van der Waals surface area contributed by atoms with Gasteiger partial charge < -0.3 is 0 Å². The molecule has 0 aliphatic rings. The molecule has 126 valence electrons. The summed E-state index contributed by atoms with van der Waals surface area (Å²) >= 11 is 6.58. The van der Waals surface area contributed by atoms with E-state index in [1.165, 1.54) is 16.7 Å². The third-order valence-corrected chi connectivity index (χ3v) is 4.44. The summed E-state index contributed by atoms with van der Waals surface area (Å²) in [5, 5.41) is 0.789.